The Morgan fingerprint density at radius 1 is 1.35 bits per heavy atom. The molecular formula is C12H15NO4. The first-order valence-electron chi connectivity index (χ1n) is 5.53. The van der Waals surface area contributed by atoms with Crippen molar-refractivity contribution < 1.29 is 19.4 Å². The lowest BCUT2D eigenvalue weighted by atomic mass is 10.1. The molecule has 92 valence electrons. The first-order chi connectivity index (χ1) is 8.22. The largest absolute Gasteiger partial charge is 0.507 e. The average molecular weight is 237 g/mol. The number of aromatic hydroxyl groups is 1. The number of rotatable bonds is 3. The fourth-order valence-electron chi connectivity index (χ4n) is 1.68. The molecule has 2 rings (SSSR count). The van der Waals surface area contributed by atoms with E-state index in [0.717, 1.165) is 6.42 Å². The third kappa shape index (κ3) is 2.50. The zero-order valence-electron chi connectivity index (χ0n) is 9.66. The number of benzene rings is 1. The van der Waals surface area contributed by atoms with Gasteiger partial charge in [-0.3, -0.25) is 4.79 Å². The summed E-state index contributed by atoms with van der Waals surface area (Å²) in [5.74, 6) is 0.746. The summed E-state index contributed by atoms with van der Waals surface area (Å²) in [4.78, 5) is 11.7. The molecule has 0 amide bonds. The van der Waals surface area contributed by atoms with Gasteiger partial charge in [-0.25, -0.2) is 0 Å². The van der Waals surface area contributed by atoms with E-state index >= 15 is 0 Å². The molecule has 1 heterocycles. The molecule has 1 aliphatic heterocycles. The van der Waals surface area contributed by atoms with Gasteiger partial charge in [-0.1, -0.05) is 0 Å². The second kappa shape index (κ2) is 5.05. The molecule has 0 aliphatic carbocycles. The average Bonchev–Trinajstić information content (AvgIpc) is 2.52. The van der Waals surface area contributed by atoms with Crippen molar-refractivity contribution in [1.29, 1.82) is 0 Å². The lowest BCUT2D eigenvalue weighted by molar-refractivity contribution is 0.0990. The monoisotopic (exact) mass is 237 g/mol. The first-order valence-corrected chi connectivity index (χ1v) is 5.53. The van der Waals surface area contributed by atoms with E-state index in [-0.39, 0.29) is 23.6 Å². The molecule has 0 fully saturated rings. The minimum atomic E-state index is -0.180. The number of hydrogen-bond acceptors (Lipinski definition) is 5. The number of hydrogen-bond donors (Lipinski definition) is 2. The Bertz CT molecular complexity index is 431. The van der Waals surface area contributed by atoms with E-state index in [0.29, 0.717) is 24.7 Å². The predicted octanol–water partition coefficient (Wildman–Crippen LogP) is 0.956. The van der Waals surface area contributed by atoms with Crippen molar-refractivity contribution in [3.63, 3.8) is 0 Å². The zero-order chi connectivity index (χ0) is 12.3. The molecule has 0 atom stereocenters. The Hall–Kier alpha value is -1.75. The Morgan fingerprint density at radius 3 is 2.65 bits per heavy atom. The number of nitrogens with one attached hydrogen (secondary N) is 1. The van der Waals surface area contributed by atoms with E-state index in [1.807, 2.05) is 0 Å². The molecule has 5 heteroatoms. The van der Waals surface area contributed by atoms with Gasteiger partial charge in [-0.05, 0) is 13.1 Å². The summed E-state index contributed by atoms with van der Waals surface area (Å²) in [5.41, 5.74) is 0.253. The second-order valence-electron chi connectivity index (χ2n) is 3.82. The first kappa shape index (κ1) is 11.7. The fourth-order valence-corrected chi connectivity index (χ4v) is 1.68. The number of Topliss-reactive ketones (excluding diaryl/α,β-unsaturated/α-hetero) is 1. The van der Waals surface area contributed by atoms with Crippen LogP contribution in [0.4, 0.5) is 0 Å². The number of fused-ring (bicyclic) bond motifs is 1. The van der Waals surface area contributed by atoms with Gasteiger partial charge < -0.3 is 19.9 Å². The van der Waals surface area contributed by atoms with Gasteiger partial charge in [0.25, 0.3) is 0 Å². The van der Waals surface area contributed by atoms with Crippen LogP contribution in [0, 0.1) is 0 Å². The molecular weight excluding hydrogens is 222 g/mol. The van der Waals surface area contributed by atoms with E-state index in [1.165, 1.54) is 12.1 Å². The number of carbonyl (C=O) groups is 1. The number of phenolic OH excluding ortho intramolecular Hbond substituents is 1. The van der Waals surface area contributed by atoms with Crippen molar-refractivity contribution in [3.05, 3.63) is 17.7 Å². The van der Waals surface area contributed by atoms with Gasteiger partial charge in [0.15, 0.2) is 17.3 Å². The minimum Gasteiger partial charge on any atom is -0.507 e. The standard InChI is InChI=1S/C12H15NO4/c1-13-7-10(15)8-5-11-12(6-9(8)14)17-4-2-3-16-11/h5-6,13-14H,2-4,7H2,1H3. The van der Waals surface area contributed by atoms with Crippen molar-refractivity contribution in [3.8, 4) is 17.2 Å². The summed E-state index contributed by atoms with van der Waals surface area (Å²) in [5, 5.41) is 12.5. The van der Waals surface area contributed by atoms with Gasteiger partial charge >= 0.3 is 0 Å². The molecule has 1 aliphatic rings. The summed E-state index contributed by atoms with van der Waals surface area (Å²) in [6.45, 7) is 1.28. The highest BCUT2D eigenvalue weighted by Crippen LogP contribution is 2.35. The molecule has 0 saturated heterocycles. The van der Waals surface area contributed by atoms with Crippen LogP contribution in [0.1, 0.15) is 16.8 Å². The van der Waals surface area contributed by atoms with Gasteiger partial charge in [0.1, 0.15) is 5.75 Å². The summed E-state index contributed by atoms with van der Waals surface area (Å²) >= 11 is 0. The topological polar surface area (TPSA) is 67.8 Å². The van der Waals surface area contributed by atoms with E-state index in [4.69, 9.17) is 9.47 Å². The molecule has 0 spiro atoms. The maximum Gasteiger partial charge on any atom is 0.180 e. The highest BCUT2D eigenvalue weighted by Gasteiger charge is 2.18. The Balaban J connectivity index is 2.35. The molecule has 0 bridgehead atoms. The van der Waals surface area contributed by atoms with Crippen molar-refractivity contribution in [2.45, 2.75) is 6.42 Å². The Labute approximate surface area is 99.3 Å². The van der Waals surface area contributed by atoms with Crippen LogP contribution < -0.4 is 14.8 Å². The van der Waals surface area contributed by atoms with E-state index in [1.54, 1.807) is 7.05 Å². The highest BCUT2D eigenvalue weighted by atomic mass is 16.5. The molecule has 5 nitrogen and oxygen atoms in total. The van der Waals surface area contributed by atoms with Crippen LogP contribution in [0.2, 0.25) is 0 Å². The number of likely N-dealkylation sites (N-methyl/N-ethyl adjacent to an activating group) is 1. The number of ether oxygens (including phenoxy) is 2. The van der Waals surface area contributed by atoms with Crippen LogP contribution in [-0.4, -0.2) is 37.7 Å². The van der Waals surface area contributed by atoms with Crippen molar-refractivity contribution >= 4 is 5.78 Å². The van der Waals surface area contributed by atoms with Crippen LogP contribution >= 0.6 is 0 Å². The zero-order valence-corrected chi connectivity index (χ0v) is 9.66. The lowest BCUT2D eigenvalue weighted by Crippen LogP contribution is -2.18. The molecule has 0 aromatic heterocycles. The summed E-state index contributed by atoms with van der Waals surface area (Å²) in [6, 6.07) is 2.97. The van der Waals surface area contributed by atoms with Gasteiger partial charge in [-0.2, -0.15) is 0 Å². The van der Waals surface area contributed by atoms with Crippen LogP contribution in [0.25, 0.3) is 0 Å². The van der Waals surface area contributed by atoms with Gasteiger partial charge in [-0.15, -0.1) is 0 Å². The lowest BCUT2D eigenvalue weighted by Gasteiger charge is -2.10. The number of carbonyl (C=O) groups excluding carboxylic acids is 1. The summed E-state index contributed by atoms with van der Waals surface area (Å²) in [7, 11) is 1.68. The van der Waals surface area contributed by atoms with Gasteiger partial charge in [0.05, 0.1) is 25.3 Å². The smallest absolute Gasteiger partial charge is 0.180 e. The van der Waals surface area contributed by atoms with Crippen molar-refractivity contribution in [1.82, 2.24) is 5.32 Å². The molecule has 17 heavy (non-hydrogen) atoms. The second-order valence-corrected chi connectivity index (χ2v) is 3.82. The maximum absolute atomic E-state index is 11.7. The van der Waals surface area contributed by atoms with E-state index in [2.05, 4.69) is 5.32 Å². The summed E-state index contributed by atoms with van der Waals surface area (Å²) in [6.07, 6.45) is 0.787. The molecule has 1 aromatic rings. The number of ketones is 1. The van der Waals surface area contributed by atoms with E-state index < -0.39 is 0 Å². The van der Waals surface area contributed by atoms with Gasteiger partial charge in [0, 0.05) is 12.5 Å². The third-order valence-electron chi connectivity index (χ3n) is 2.50. The maximum atomic E-state index is 11.7. The highest BCUT2D eigenvalue weighted by molar-refractivity contribution is 6.00. The third-order valence-corrected chi connectivity index (χ3v) is 2.50. The summed E-state index contributed by atoms with van der Waals surface area (Å²) < 4.78 is 10.9. The quantitative estimate of drug-likeness (QED) is 0.766. The fraction of sp³-hybridized carbons (Fsp3) is 0.417. The Kier molecular flexibility index (Phi) is 3.49. The molecule has 2 N–H and O–H groups in total. The predicted molar refractivity (Wildman–Crippen MR) is 62.0 cm³/mol. The van der Waals surface area contributed by atoms with Crippen molar-refractivity contribution in [2.24, 2.45) is 0 Å². The van der Waals surface area contributed by atoms with Gasteiger partial charge in [0.2, 0.25) is 0 Å². The van der Waals surface area contributed by atoms with Crippen LogP contribution in [-0.2, 0) is 0 Å². The normalized spacial score (nSPS) is 14.2. The van der Waals surface area contributed by atoms with Crippen LogP contribution in [0.15, 0.2) is 12.1 Å². The molecule has 0 unspecified atom stereocenters. The Morgan fingerprint density at radius 2 is 2.00 bits per heavy atom. The molecule has 0 saturated carbocycles. The molecule has 0 radical (unpaired) electrons. The minimum absolute atomic E-state index is 0.0745. The van der Waals surface area contributed by atoms with E-state index in [9.17, 15) is 9.90 Å². The van der Waals surface area contributed by atoms with Crippen LogP contribution in [0.5, 0.6) is 17.2 Å². The number of phenols is 1. The van der Waals surface area contributed by atoms with Crippen molar-refractivity contribution in [2.75, 3.05) is 26.8 Å². The molecule has 1 aromatic carbocycles. The SMILES string of the molecule is CNCC(=O)c1cc2c(cc1O)OCCCO2. The van der Waals surface area contributed by atoms with Crippen LogP contribution in [0.3, 0.4) is 0 Å².